The predicted molar refractivity (Wildman–Crippen MR) is 70.4 cm³/mol. The van der Waals surface area contributed by atoms with Crippen LogP contribution in [0.2, 0.25) is 0 Å². The lowest BCUT2D eigenvalue weighted by atomic mass is 10.2. The summed E-state index contributed by atoms with van der Waals surface area (Å²) in [6, 6.07) is 5.77. The third kappa shape index (κ3) is 6.72. The Morgan fingerprint density at radius 2 is 1.89 bits per heavy atom. The highest BCUT2D eigenvalue weighted by Gasteiger charge is 2.27. The molecule has 0 unspecified atom stereocenters. The molecule has 1 N–H and O–H groups in total. The fourth-order valence-electron chi connectivity index (χ4n) is 1.21. The molecule has 0 aliphatic rings. The molecule has 0 radical (unpaired) electrons. The van der Waals surface area contributed by atoms with Crippen LogP contribution in [0.1, 0.15) is 5.56 Å². The number of hydrogen-bond acceptors (Lipinski definition) is 2. The molecule has 0 fully saturated rings. The highest BCUT2D eigenvalue weighted by molar-refractivity contribution is 9.13. The van der Waals surface area contributed by atoms with Crippen molar-refractivity contribution in [3.8, 4) is 0 Å². The first-order valence-corrected chi connectivity index (χ1v) is 6.76. The Hall–Kier alpha value is -0.110. The standard InChI is InChI=1S/C11H12Br2F3NO/c12-9-2-1-8(5-10(9)13)6-17-3-4-18-7-11(14,15)16/h1-2,5,17H,3-4,6-7H2. The first-order chi connectivity index (χ1) is 8.38. The smallest absolute Gasteiger partial charge is 0.371 e. The third-order valence-electron chi connectivity index (χ3n) is 2.00. The Kier molecular flexibility index (Phi) is 6.62. The summed E-state index contributed by atoms with van der Waals surface area (Å²) in [5.41, 5.74) is 1.04. The number of hydrogen-bond donors (Lipinski definition) is 1. The van der Waals surface area contributed by atoms with Gasteiger partial charge < -0.3 is 10.1 Å². The summed E-state index contributed by atoms with van der Waals surface area (Å²) in [6.45, 7) is -0.194. The zero-order valence-electron chi connectivity index (χ0n) is 9.36. The van der Waals surface area contributed by atoms with E-state index in [1.54, 1.807) is 0 Å². The van der Waals surface area contributed by atoms with E-state index in [0.29, 0.717) is 13.1 Å². The van der Waals surface area contributed by atoms with E-state index in [9.17, 15) is 13.2 Å². The highest BCUT2D eigenvalue weighted by atomic mass is 79.9. The topological polar surface area (TPSA) is 21.3 Å². The molecule has 0 atom stereocenters. The van der Waals surface area contributed by atoms with Crippen molar-refractivity contribution in [3.63, 3.8) is 0 Å². The SMILES string of the molecule is FC(F)(F)COCCNCc1ccc(Br)c(Br)c1. The van der Waals surface area contributed by atoms with Gasteiger partial charge in [-0.25, -0.2) is 0 Å². The quantitative estimate of drug-likeness (QED) is 0.744. The van der Waals surface area contributed by atoms with Crippen LogP contribution in [0.25, 0.3) is 0 Å². The molecular weight excluding hydrogens is 379 g/mol. The van der Waals surface area contributed by atoms with Gasteiger partial charge in [-0.15, -0.1) is 0 Å². The van der Waals surface area contributed by atoms with E-state index in [1.165, 1.54) is 0 Å². The van der Waals surface area contributed by atoms with Crippen molar-refractivity contribution in [3.05, 3.63) is 32.7 Å². The van der Waals surface area contributed by atoms with E-state index in [-0.39, 0.29) is 6.61 Å². The first kappa shape index (κ1) is 15.9. The second kappa shape index (κ2) is 7.47. The van der Waals surface area contributed by atoms with Crippen molar-refractivity contribution in [2.75, 3.05) is 19.8 Å². The minimum atomic E-state index is -4.25. The van der Waals surface area contributed by atoms with Crippen LogP contribution in [0, 0.1) is 0 Å². The van der Waals surface area contributed by atoms with Gasteiger partial charge in [0.1, 0.15) is 6.61 Å². The molecule has 1 rings (SSSR count). The maximum atomic E-state index is 11.8. The summed E-state index contributed by atoms with van der Waals surface area (Å²) in [5, 5.41) is 3.01. The molecule has 0 aliphatic carbocycles. The van der Waals surface area contributed by atoms with Crippen molar-refractivity contribution >= 4 is 31.9 Å². The summed E-state index contributed by atoms with van der Waals surface area (Å²) in [7, 11) is 0. The van der Waals surface area contributed by atoms with Gasteiger partial charge in [0.25, 0.3) is 0 Å². The van der Waals surface area contributed by atoms with Crippen LogP contribution in [-0.4, -0.2) is 25.9 Å². The van der Waals surface area contributed by atoms with E-state index in [2.05, 4.69) is 41.9 Å². The molecule has 2 nitrogen and oxygen atoms in total. The van der Waals surface area contributed by atoms with Gasteiger partial charge in [-0.3, -0.25) is 0 Å². The second-order valence-electron chi connectivity index (χ2n) is 3.59. The lowest BCUT2D eigenvalue weighted by molar-refractivity contribution is -0.173. The molecule has 0 aromatic heterocycles. The van der Waals surface area contributed by atoms with Crippen molar-refractivity contribution in [2.45, 2.75) is 12.7 Å². The zero-order chi connectivity index (χ0) is 13.6. The summed E-state index contributed by atoms with van der Waals surface area (Å²) < 4.78 is 41.6. The normalized spacial score (nSPS) is 11.8. The molecule has 7 heteroatoms. The average molecular weight is 391 g/mol. The average Bonchev–Trinajstić information content (AvgIpc) is 2.26. The van der Waals surface area contributed by atoms with Gasteiger partial charge in [-0.2, -0.15) is 13.2 Å². The van der Waals surface area contributed by atoms with Gasteiger partial charge >= 0.3 is 6.18 Å². The molecule has 1 aromatic carbocycles. The third-order valence-corrected chi connectivity index (χ3v) is 3.88. The van der Waals surface area contributed by atoms with E-state index >= 15 is 0 Å². The highest BCUT2D eigenvalue weighted by Crippen LogP contribution is 2.23. The Balaban J connectivity index is 2.16. The van der Waals surface area contributed by atoms with Gasteiger partial charge in [-0.1, -0.05) is 6.07 Å². The predicted octanol–water partition coefficient (Wildman–Crippen LogP) is 3.88. The van der Waals surface area contributed by atoms with E-state index in [4.69, 9.17) is 0 Å². The fourth-order valence-corrected chi connectivity index (χ4v) is 1.89. The van der Waals surface area contributed by atoms with Crippen LogP contribution in [0.3, 0.4) is 0 Å². The van der Waals surface area contributed by atoms with Crippen LogP contribution < -0.4 is 5.32 Å². The molecule has 0 amide bonds. The summed E-state index contributed by atoms with van der Waals surface area (Å²) >= 11 is 6.73. The molecule has 0 aliphatic heterocycles. The van der Waals surface area contributed by atoms with Crippen molar-refractivity contribution < 1.29 is 17.9 Å². The Morgan fingerprint density at radius 1 is 1.17 bits per heavy atom. The Morgan fingerprint density at radius 3 is 2.50 bits per heavy atom. The van der Waals surface area contributed by atoms with Gasteiger partial charge in [0, 0.05) is 22.0 Å². The van der Waals surface area contributed by atoms with Crippen LogP contribution >= 0.6 is 31.9 Å². The largest absolute Gasteiger partial charge is 0.411 e. The molecular formula is C11H12Br2F3NO. The van der Waals surface area contributed by atoms with Crippen LogP contribution in [0.4, 0.5) is 13.2 Å². The molecule has 0 bridgehead atoms. The van der Waals surface area contributed by atoms with Gasteiger partial charge in [-0.05, 0) is 49.6 Å². The molecule has 0 saturated heterocycles. The van der Waals surface area contributed by atoms with Crippen molar-refractivity contribution in [1.82, 2.24) is 5.32 Å². The van der Waals surface area contributed by atoms with Gasteiger partial charge in [0.15, 0.2) is 0 Å². The van der Waals surface area contributed by atoms with Gasteiger partial charge in [0.2, 0.25) is 0 Å². The van der Waals surface area contributed by atoms with E-state index in [1.807, 2.05) is 18.2 Å². The number of rotatable bonds is 6. The fraction of sp³-hybridized carbons (Fsp3) is 0.455. The molecule has 0 saturated carbocycles. The van der Waals surface area contributed by atoms with Crippen molar-refractivity contribution in [2.24, 2.45) is 0 Å². The van der Waals surface area contributed by atoms with Gasteiger partial charge in [0.05, 0.1) is 6.61 Å². The van der Waals surface area contributed by atoms with E-state index < -0.39 is 12.8 Å². The molecule has 1 aromatic rings. The first-order valence-electron chi connectivity index (χ1n) is 5.17. The molecule has 18 heavy (non-hydrogen) atoms. The summed E-state index contributed by atoms with van der Waals surface area (Å²) in [6.07, 6.45) is -4.25. The van der Waals surface area contributed by atoms with Crippen LogP contribution in [0.15, 0.2) is 27.1 Å². The monoisotopic (exact) mass is 389 g/mol. The maximum Gasteiger partial charge on any atom is 0.411 e. The van der Waals surface area contributed by atoms with Crippen molar-refractivity contribution in [1.29, 1.82) is 0 Å². The lowest BCUT2D eigenvalue weighted by Gasteiger charge is -2.09. The maximum absolute atomic E-state index is 11.8. The number of benzene rings is 1. The summed E-state index contributed by atoms with van der Waals surface area (Å²) in [5.74, 6) is 0. The minimum absolute atomic E-state index is 0.0389. The number of halogens is 5. The summed E-state index contributed by atoms with van der Waals surface area (Å²) in [4.78, 5) is 0. The Bertz CT molecular complexity index is 385. The van der Waals surface area contributed by atoms with E-state index in [0.717, 1.165) is 14.5 Å². The number of nitrogens with one attached hydrogen (secondary N) is 1. The molecule has 0 heterocycles. The zero-order valence-corrected chi connectivity index (χ0v) is 12.5. The minimum Gasteiger partial charge on any atom is -0.371 e. The second-order valence-corrected chi connectivity index (χ2v) is 5.30. The molecule has 102 valence electrons. The number of alkyl halides is 3. The molecule has 0 spiro atoms. The number of ether oxygens (including phenoxy) is 1. The lowest BCUT2D eigenvalue weighted by Crippen LogP contribution is -2.23. The van der Waals surface area contributed by atoms with Crippen LogP contribution in [0.5, 0.6) is 0 Å². The van der Waals surface area contributed by atoms with Crippen LogP contribution in [-0.2, 0) is 11.3 Å². The Labute approximate surface area is 120 Å².